The molecule has 1 aliphatic heterocycles. The van der Waals surface area contributed by atoms with Gasteiger partial charge < -0.3 is 49.9 Å². The number of nitrogens with zero attached hydrogens (tertiary/aromatic N) is 3. The smallest absolute Gasteiger partial charge is 0.475 e. The van der Waals surface area contributed by atoms with E-state index in [-0.39, 0.29) is 63.1 Å². The van der Waals surface area contributed by atoms with Crippen LogP contribution in [-0.4, -0.2) is 147 Å². The highest BCUT2D eigenvalue weighted by Crippen LogP contribution is 2.41. The van der Waals surface area contributed by atoms with Gasteiger partial charge in [0.2, 0.25) is 17.7 Å². The van der Waals surface area contributed by atoms with Crippen LogP contribution in [0.15, 0.2) is 72.9 Å². The van der Waals surface area contributed by atoms with Crippen molar-refractivity contribution in [2.75, 3.05) is 85.6 Å². The summed E-state index contributed by atoms with van der Waals surface area (Å²) in [6.07, 6.45) is -0.594. The van der Waals surface area contributed by atoms with Crippen molar-refractivity contribution < 1.29 is 74.8 Å². The van der Waals surface area contributed by atoms with Crippen molar-refractivity contribution in [3.8, 4) is 11.1 Å². The first kappa shape index (κ1) is 57.2. The van der Waals surface area contributed by atoms with Crippen molar-refractivity contribution in [1.29, 1.82) is 0 Å². The number of hydrogen-bond acceptors (Lipinski definition) is 11. The fraction of sp³-hybridized carbons (Fsp3) is 0.489. The minimum Gasteiger partial charge on any atom is -0.475 e. The summed E-state index contributed by atoms with van der Waals surface area (Å²) in [5, 5.41) is 12.5. The van der Waals surface area contributed by atoms with Gasteiger partial charge >= 0.3 is 12.1 Å². The zero-order valence-corrected chi connectivity index (χ0v) is 38.9. The molecule has 1 aromatic heterocycles. The van der Waals surface area contributed by atoms with Crippen LogP contribution in [0.5, 0.6) is 0 Å². The van der Waals surface area contributed by atoms with E-state index in [4.69, 9.17) is 34.6 Å². The van der Waals surface area contributed by atoms with Crippen LogP contribution in [0.4, 0.5) is 22.0 Å². The highest BCUT2D eigenvalue weighted by Gasteiger charge is 2.39. The molecule has 380 valence electrons. The number of carbonyl (C=O) groups is 6. The summed E-state index contributed by atoms with van der Waals surface area (Å²) in [6.45, 7) is 9.79. The predicted octanol–water partition coefficient (Wildman–Crippen LogP) is 4.38. The zero-order valence-electron chi connectivity index (χ0n) is 38.9. The molecule has 0 saturated heterocycles. The molecule has 0 spiro atoms. The molecule has 69 heavy (non-hydrogen) atoms. The van der Waals surface area contributed by atoms with Crippen molar-refractivity contribution in [3.05, 3.63) is 95.8 Å². The van der Waals surface area contributed by atoms with Crippen LogP contribution in [0.3, 0.4) is 0 Å². The van der Waals surface area contributed by atoms with E-state index in [0.717, 1.165) is 40.4 Å². The molecule has 22 heteroatoms. The second-order valence-electron chi connectivity index (χ2n) is 16.4. The Morgan fingerprint density at radius 1 is 0.768 bits per heavy atom. The lowest BCUT2D eigenvalue weighted by atomic mass is 9.82. The average Bonchev–Trinajstić information content (AvgIpc) is 3.84. The molecule has 0 fully saturated rings. The maximum atomic E-state index is 15.1. The van der Waals surface area contributed by atoms with Gasteiger partial charge in [-0.25, -0.2) is 13.6 Å². The van der Waals surface area contributed by atoms with Gasteiger partial charge in [0, 0.05) is 74.2 Å². The van der Waals surface area contributed by atoms with E-state index in [1.165, 1.54) is 6.07 Å². The number of amides is 5. The molecular formula is C47H61F5N6O11. The molecule has 2 heterocycles. The van der Waals surface area contributed by atoms with Crippen LogP contribution in [0, 0.1) is 17.0 Å². The van der Waals surface area contributed by atoms with Gasteiger partial charge in [-0.2, -0.15) is 13.2 Å². The Morgan fingerprint density at radius 3 is 1.83 bits per heavy atom. The number of alkyl halides is 3. The van der Waals surface area contributed by atoms with E-state index < -0.39 is 53.0 Å². The van der Waals surface area contributed by atoms with Crippen molar-refractivity contribution in [1.82, 2.24) is 25.0 Å². The lowest BCUT2D eigenvalue weighted by molar-refractivity contribution is -0.192. The summed E-state index contributed by atoms with van der Waals surface area (Å²) < 4.78 is 85.0. The number of halogens is 5. The maximum absolute atomic E-state index is 15.1. The minimum atomic E-state index is -5.08. The lowest BCUT2D eigenvalue weighted by Gasteiger charge is -2.41. The van der Waals surface area contributed by atoms with E-state index in [1.54, 1.807) is 11.1 Å². The van der Waals surface area contributed by atoms with Crippen LogP contribution in [0.1, 0.15) is 57.3 Å². The monoisotopic (exact) mass is 980 g/mol. The summed E-state index contributed by atoms with van der Waals surface area (Å²) in [5.41, 5.74) is 7.77. The van der Waals surface area contributed by atoms with Crippen LogP contribution in [0.25, 0.3) is 11.1 Å². The Kier molecular flexibility index (Phi) is 24.1. The normalized spacial score (nSPS) is 13.0. The molecular weight excluding hydrogens is 920 g/mol. The number of benzene rings is 2. The van der Waals surface area contributed by atoms with E-state index >= 15 is 4.39 Å². The molecule has 0 saturated carbocycles. The highest BCUT2D eigenvalue weighted by molar-refractivity contribution is 6.14. The Hall–Kier alpha value is -6.07. The Labute approximate surface area is 397 Å². The van der Waals surface area contributed by atoms with Crippen LogP contribution < -0.4 is 16.4 Å². The fourth-order valence-electron chi connectivity index (χ4n) is 6.80. The quantitative estimate of drug-likeness (QED) is 0.0453. The van der Waals surface area contributed by atoms with Crippen molar-refractivity contribution in [2.45, 2.75) is 58.8 Å². The molecule has 0 aliphatic carbocycles. The largest absolute Gasteiger partial charge is 0.490 e. The van der Waals surface area contributed by atoms with Crippen molar-refractivity contribution in [3.63, 3.8) is 0 Å². The van der Waals surface area contributed by atoms with Crippen molar-refractivity contribution in [2.24, 2.45) is 11.1 Å². The first-order chi connectivity index (χ1) is 32.7. The molecule has 0 unspecified atom stereocenters. The van der Waals surface area contributed by atoms with Gasteiger partial charge in [-0.3, -0.25) is 28.9 Å². The Bertz CT molecular complexity index is 2150. The van der Waals surface area contributed by atoms with E-state index in [9.17, 15) is 41.5 Å². The maximum Gasteiger partial charge on any atom is 0.490 e. The van der Waals surface area contributed by atoms with Gasteiger partial charge in [0.1, 0.15) is 18.2 Å². The van der Waals surface area contributed by atoms with Gasteiger partial charge in [0.05, 0.1) is 58.9 Å². The first-order valence-electron chi connectivity index (χ1n) is 22.1. The zero-order chi connectivity index (χ0) is 51.0. The van der Waals surface area contributed by atoms with Crippen LogP contribution >= 0.6 is 0 Å². The van der Waals surface area contributed by atoms with E-state index in [1.807, 2.05) is 61.7 Å². The molecule has 4 rings (SSSR count). The summed E-state index contributed by atoms with van der Waals surface area (Å²) in [4.78, 5) is 73.3. The summed E-state index contributed by atoms with van der Waals surface area (Å²) >= 11 is 0. The third kappa shape index (κ3) is 20.6. The standard InChI is InChI=1S/C45H60F2N6O9.C2HF3O2/c1-45(2,3)44(38-28-34(36-29-35(46)10-11-37(36)47)31-51(38)30-33-8-5-4-6-9-33)52(19-7-16-48)41(56)13-12-39(54)49-17-20-59-22-24-61-26-27-62-25-23-60-21-18-50-40(55)32-53-42(57)14-15-43(53)58;3-2(4,5)1(6)7/h4-6,8-11,14-15,28-29,31,44H,7,12-13,16-27,30,32,48H2,1-3H3,(H,49,54)(H,50,55);(H,6,7)/t44-;/m0./s1. The van der Waals surface area contributed by atoms with Crippen molar-refractivity contribution >= 4 is 35.5 Å². The molecule has 2 aromatic carbocycles. The summed E-state index contributed by atoms with van der Waals surface area (Å²) in [6, 6.07) is 14.4. The number of imide groups is 1. The number of nitrogens with two attached hydrogens (primary N) is 1. The molecule has 5 N–H and O–H groups in total. The second kappa shape index (κ2) is 29.1. The molecule has 5 amide bonds. The number of rotatable bonds is 28. The van der Waals surface area contributed by atoms with Gasteiger partial charge in [0.25, 0.3) is 11.8 Å². The van der Waals surface area contributed by atoms with Crippen LogP contribution in [0.2, 0.25) is 0 Å². The van der Waals surface area contributed by atoms with Gasteiger partial charge in [0.15, 0.2) is 0 Å². The number of aliphatic carboxylic acids is 1. The Balaban J connectivity index is 0.00000167. The SMILES string of the molecule is CC(C)(C)[C@H](c1cc(-c2cc(F)ccc2F)cn1Cc1ccccc1)N(CCCN)C(=O)CCC(=O)NCCOCCOCCOCCOCCNC(=O)CN1C(=O)C=CC1=O.O=C(O)C(F)(F)F. The summed E-state index contributed by atoms with van der Waals surface area (Å²) in [7, 11) is 0. The highest BCUT2D eigenvalue weighted by atomic mass is 19.4. The fourth-order valence-corrected chi connectivity index (χ4v) is 6.80. The molecule has 0 bridgehead atoms. The second-order valence-corrected chi connectivity index (χ2v) is 16.4. The molecule has 0 radical (unpaired) electrons. The third-order valence-electron chi connectivity index (χ3n) is 9.96. The molecule has 17 nitrogen and oxygen atoms in total. The van der Waals surface area contributed by atoms with Gasteiger partial charge in [-0.15, -0.1) is 0 Å². The number of hydrogen-bond donors (Lipinski definition) is 4. The third-order valence-corrected chi connectivity index (χ3v) is 9.96. The van der Waals surface area contributed by atoms with Gasteiger partial charge in [-0.05, 0) is 48.2 Å². The number of carbonyl (C=O) groups excluding carboxylic acids is 5. The molecule has 1 aliphatic rings. The molecule has 1 atom stereocenters. The number of ether oxygens (including phenoxy) is 4. The number of carboxylic acid groups (broad SMARTS) is 1. The van der Waals surface area contributed by atoms with E-state index in [0.29, 0.717) is 71.3 Å². The number of carboxylic acids is 1. The predicted molar refractivity (Wildman–Crippen MR) is 241 cm³/mol. The first-order valence-corrected chi connectivity index (χ1v) is 22.1. The van der Waals surface area contributed by atoms with Crippen LogP contribution in [-0.2, 0) is 54.3 Å². The minimum absolute atomic E-state index is 0.0341. The van der Waals surface area contributed by atoms with E-state index in [2.05, 4.69) is 10.6 Å². The average molecular weight is 981 g/mol. The Morgan fingerprint density at radius 2 is 1.30 bits per heavy atom. The topological polar surface area (TPSA) is 221 Å². The summed E-state index contributed by atoms with van der Waals surface area (Å²) in [5.74, 6) is -5.88. The number of aromatic nitrogens is 1. The lowest BCUT2D eigenvalue weighted by Crippen LogP contribution is -2.43. The van der Waals surface area contributed by atoms with Gasteiger partial charge in [-0.1, -0.05) is 51.1 Å². The number of nitrogens with one attached hydrogen (secondary N) is 2. The molecule has 3 aromatic rings.